The predicted molar refractivity (Wildman–Crippen MR) is 58.4 cm³/mol. The molecule has 0 aliphatic carbocycles. The van der Waals surface area contributed by atoms with E-state index in [1.807, 2.05) is 25.4 Å². The summed E-state index contributed by atoms with van der Waals surface area (Å²) in [6.07, 6.45) is 3.74. The van der Waals surface area contributed by atoms with Gasteiger partial charge < -0.3 is 0 Å². The molecule has 0 saturated heterocycles. The van der Waals surface area contributed by atoms with E-state index in [2.05, 4.69) is 29.9 Å². The van der Waals surface area contributed by atoms with Crippen molar-refractivity contribution in [1.82, 2.24) is 9.97 Å². The van der Waals surface area contributed by atoms with Crippen LogP contribution in [0, 0.1) is 6.92 Å². The van der Waals surface area contributed by atoms with Crippen molar-refractivity contribution in [3.8, 4) is 0 Å². The summed E-state index contributed by atoms with van der Waals surface area (Å²) in [6.45, 7) is 6.36. The lowest BCUT2D eigenvalue weighted by Gasteiger charge is -2.09. The molecule has 0 amide bonds. The molecular formula is C12H14N2. The fourth-order valence-electron chi connectivity index (χ4n) is 1.68. The van der Waals surface area contributed by atoms with Gasteiger partial charge in [-0.05, 0) is 30.5 Å². The Morgan fingerprint density at radius 1 is 1.21 bits per heavy atom. The topological polar surface area (TPSA) is 25.8 Å². The minimum atomic E-state index is 0.447. The summed E-state index contributed by atoms with van der Waals surface area (Å²) >= 11 is 0. The maximum atomic E-state index is 4.47. The molecule has 14 heavy (non-hydrogen) atoms. The highest BCUT2D eigenvalue weighted by Crippen LogP contribution is 2.23. The van der Waals surface area contributed by atoms with Gasteiger partial charge in [-0.2, -0.15) is 0 Å². The molecule has 0 aromatic carbocycles. The highest BCUT2D eigenvalue weighted by atomic mass is 14.7. The Morgan fingerprint density at radius 3 is 2.71 bits per heavy atom. The van der Waals surface area contributed by atoms with Crippen LogP contribution >= 0.6 is 0 Å². The fourth-order valence-corrected chi connectivity index (χ4v) is 1.68. The molecule has 0 aliphatic rings. The van der Waals surface area contributed by atoms with Crippen molar-refractivity contribution in [2.24, 2.45) is 0 Å². The molecule has 0 atom stereocenters. The molecule has 2 aromatic rings. The molecule has 0 bridgehead atoms. The van der Waals surface area contributed by atoms with E-state index in [1.165, 1.54) is 5.39 Å². The minimum absolute atomic E-state index is 0.447. The van der Waals surface area contributed by atoms with E-state index in [-0.39, 0.29) is 0 Å². The zero-order chi connectivity index (χ0) is 10.1. The molecule has 0 saturated carbocycles. The number of fused-ring (bicyclic) bond motifs is 1. The third kappa shape index (κ3) is 1.37. The van der Waals surface area contributed by atoms with Gasteiger partial charge in [-0.25, -0.2) is 0 Å². The minimum Gasteiger partial charge on any atom is -0.260 e. The third-order valence-corrected chi connectivity index (χ3v) is 2.40. The van der Waals surface area contributed by atoms with Gasteiger partial charge in [0, 0.05) is 17.8 Å². The van der Waals surface area contributed by atoms with Crippen molar-refractivity contribution in [3.63, 3.8) is 0 Å². The zero-order valence-corrected chi connectivity index (χ0v) is 8.78. The molecule has 0 radical (unpaired) electrons. The summed E-state index contributed by atoms with van der Waals surface area (Å²) in [5, 5.41) is 1.18. The van der Waals surface area contributed by atoms with E-state index in [0.29, 0.717) is 5.92 Å². The molecule has 0 aliphatic heterocycles. The molecule has 72 valence electrons. The largest absolute Gasteiger partial charge is 0.260 e. The van der Waals surface area contributed by atoms with Gasteiger partial charge in [-0.1, -0.05) is 13.8 Å². The molecule has 2 heterocycles. The average Bonchev–Trinajstić information content (AvgIpc) is 2.18. The number of hydrogen-bond donors (Lipinski definition) is 0. The first-order chi connectivity index (χ1) is 6.70. The number of nitrogens with zero attached hydrogens (tertiary/aromatic N) is 2. The van der Waals surface area contributed by atoms with Gasteiger partial charge in [0.05, 0.1) is 11.2 Å². The normalized spacial score (nSPS) is 11.1. The molecule has 2 heteroatoms. The molecule has 0 N–H and O–H groups in total. The summed E-state index contributed by atoms with van der Waals surface area (Å²) in [4.78, 5) is 8.85. The predicted octanol–water partition coefficient (Wildman–Crippen LogP) is 3.06. The smallest absolute Gasteiger partial charge is 0.0764 e. The Hall–Kier alpha value is -1.44. The second kappa shape index (κ2) is 3.37. The van der Waals surface area contributed by atoms with Crippen LogP contribution in [-0.4, -0.2) is 9.97 Å². The lowest BCUT2D eigenvalue weighted by atomic mass is 10.0. The van der Waals surface area contributed by atoms with Gasteiger partial charge in [0.15, 0.2) is 0 Å². The van der Waals surface area contributed by atoms with Crippen molar-refractivity contribution in [2.75, 3.05) is 0 Å². The fraction of sp³-hybridized carbons (Fsp3) is 0.333. The number of rotatable bonds is 1. The SMILES string of the molecule is Cc1cnc(C(C)C)c2cccnc12. The summed E-state index contributed by atoms with van der Waals surface area (Å²) in [5.74, 6) is 0.447. The number of hydrogen-bond acceptors (Lipinski definition) is 2. The van der Waals surface area contributed by atoms with Crippen LogP contribution in [0.3, 0.4) is 0 Å². The Labute approximate surface area is 84.0 Å². The van der Waals surface area contributed by atoms with E-state index in [0.717, 1.165) is 16.8 Å². The van der Waals surface area contributed by atoms with E-state index in [1.54, 1.807) is 0 Å². The monoisotopic (exact) mass is 186 g/mol. The van der Waals surface area contributed by atoms with Crippen LogP contribution in [0.25, 0.3) is 10.9 Å². The van der Waals surface area contributed by atoms with Crippen LogP contribution in [-0.2, 0) is 0 Å². The van der Waals surface area contributed by atoms with E-state index in [9.17, 15) is 0 Å². The molecule has 2 rings (SSSR count). The second-order valence-corrected chi connectivity index (χ2v) is 3.88. The summed E-state index contributed by atoms with van der Waals surface area (Å²) in [5.41, 5.74) is 3.36. The Morgan fingerprint density at radius 2 is 2.00 bits per heavy atom. The zero-order valence-electron chi connectivity index (χ0n) is 8.78. The van der Waals surface area contributed by atoms with Gasteiger partial charge in [-0.15, -0.1) is 0 Å². The van der Waals surface area contributed by atoms with Crippen molar-refractivity contribution in [1.29, 1.82) is 0 Å². The highest BCUT2D eigenvalue weighted by molar-refractivity contribution is 5.83. The van der Waals surface area contributed by atoms with Crippen LogP contribution in [0.1, 0.15) is 31.0 Å². The van der Waals surface area contributed by atoms with Gasteiger partial charge in [0.25, 0.3) is 0 Å². The molecule has 0 unspecified atom stereocenters. The molecular weight excluding hydrogens is 172 g/mol. The van der Waals surface area contributed by atoms with Crippen LogP contribution in [0.15, 0.2) is 24.5 Å². The summed E-state index contributed by atoms with van der Waals surface area (Å²) in [7, 11) is 0. The number of aromatic nitrogens is 2. The van der Waals surface area contributed by atoms with Crippen LogP contribution in [0.2, 0.25) is 0 Å². The quantitative estimate of drug-likeness (QED) is 0.684. The van der Waals surface area contributed by atoms with Crippen molar-refractivity contribution in [3.05, 3.63) is 35.8 Å². The maximum absolute atomic E-state index is 4.47. The Balaban J connectivity index is 2.82. The highest BCUT2D eigenvalue weighted by Gasteiger charge is 2.08. The van der Waals surface area contributed by atoms with E-state index in [4.69, 9.17) is 0 Å². The van der Waals surface area contributed by atoms with Crippen LogP contribution in [0.5, 0.6) is 0 Å². The summed E-state index contributed by atoms with van der Waals surface area (Å²) in [6, 6.07) is 4.06. The van der Waals surface area contributed by atoms with Crippen molar-refractivity contribution in [2.45, 2.75) is 26.7 Å². The van der Waals surface area contributed by atoms with E-state index < -0.39 is 0 Å². The first-order valence-electron chi connectivity index (χ1n) is 4.90. The van der Waals surface area contributed by atoms with E-state index >= 15 is 0 Å². The molecule has 0 fully saturated rings. The maximum Gasteiger partial charge on any atom is 0.0764 e. The lowest BCUT2D eigenvalue weighted by Crippen LogP contribution is -1.96. The second-order valence-electron chi connectivity index (χ2n) is 3.88. The van der Waals surface area contributed by atoms with Crippen molar-refractivity contribution >= 4 is 10.9 Å². The van der Waals surface area contributed by atoms with Gasteiger partial charge in [0.2, 0.25) is 0 Å². The molecule has 2 nitrogen and oxygen atoms in total. The molecule has 2 aromatic heterocycles. The number of pyridine rings is 2. The Bertz CT molecular complexity index is 461. The molecule has 0 spiro atoms. The average molecular weight is 186 g/mol. The van der Waals surface area contributed by atoms with Gasteiger partial charge in [-0.3, -0.25) is 9.97 Å². The standard InChI is InChI=1S/C12H14N2/c1-8(2)11-10-5-4-6-13-12(10)9(3)7-14-11/h4-8H,1-3H3. The van der Waals surface area contributed by atoms with Crippen molar-refractivity contribution < 1.29 is 0 Å². The summed E-state index contributed by atoms with van der Waals surface area (Å²) < 4.78 is 0. The van der Waals surface area contributed by atoms with Crippen LogP contribution in [0.4, 0.5) is 0 Å². The lowest BCUT2D eigenvalue weighted by molar-refractivity contribution is 0.832. The number of aryl methyl sites for hydroxylation is 1. The Kier molecular flexibility index (Phi) is 2.20. The van der Waals surface area contributed by atoms with Crippen LogP contribution < -0.4 is 0 Å². The van der Waals surface area contributed by atoms with Gasteiger partial charge >= 0.3 is 0 Å². The first-order valence-corrected chi connectivity index (χ1v) is 4.90. The first kappa shape index (κ1) is 9.13. The third-order valence-electron chi connectivity index (χ3n) is 2.40. The van der Waals surface area contributed by atoms with Gasteiger partial charge in [0.1, 0.15) is 0 Å².